The minimum Gasteiger partial charge on any atom is -0.492 e. The third-order valence-electron chi connectivity index (χ3n) is 5.65. The van der Waals surface area contributed by atoms with Gasteiger partial charge in [0.25, 0.3) is 0 Å². The Labute approximate surface area is 163 Å². The number of likely N-dealkylation sites (N-methyl/N-ethyl adjacent to an activating group) is 1. The summed E-state index contributed by atoms with van der Waals surface area (Å²) >= 11 is 0. The zero-order valence-electron chi connectivity index (χ0n) is 16.6. The van der Waals surface area contributed by atoms with E-state index < -0.39 is 0 Å². The summed E-state index contributed by atoms with van der Waals surface area (Å²) in [6.07, 6.45) is 3.97. The molecule has 0 aromatic heterocycles. The third-order valence-corrected chi connectivity index (χ3v) is 5.65. The van der Waals surface area contributed by atoms with Gasteiger partial charge in [-0.1, -0.05) is 0 Å². The van der Waals surface area contributed by atoms with E-state index in [0.29, 0.717) is 18.9 Å². The molecule has 0 atom stereocenters. The summed E-state index contributed by atoms with van der Waals surface area (Å²) in [7, 11) is 2.17. The molecule has 2 aliphatic rings. The van der Waals surface area contributed by atoms with Gasteiger partial charge >= 0.3 is 0 Å². The number of amides is 1. The number of piperazine rings is 1. The van der Waals surface area contributed by atoms with Crippen molar-refractivity contribution in [3.05, 3.63) is 24.3 Å². The monoisotopic (exact) mass is 374 g/mol. The Morgan fingerprint density at radius 2 is 1.85 bits per heavy atom. The van der Waals surface area contributed by atoms with Crippen LogP contribution in [0, 0.1) is 5.92 Å². The molecular formula is C21H34N4O2. The van der Waals surface area contributed by atoms with Crippen LogP contribution in [-0.4, -0.2) is 75.2 Å². The van der Waals surface area contributed by atoms with Crippen LogP contribution in [-0.2, 0) is 4.79 Å². The van der Waals surface area contributed by atoms with Gasteiger partial charge < -0.3 is 20.3 Å². The average molecular weight is 375 g/mol. The highest BCUT2D eigenvalue weighted by Crippen LogP contribution is 2.19. The van der Waals surface area contributed by atoms with Gasteiger partial charge in [0.1, 0.15) is 12.4 Å². The molecule has 1 amide bonds. The van der Waals surface area contributed by atoms with Crippen molar-refractivity contribution in [3.63, 3.8) is 0 Å². The molecule has 2 saturated heterocycles. The van der Waals surface area contributed by atoms with Crippen molar-refractivity contribution in [1.82, 2.24) is 15.1 Å². The molecular weight excluding hydrogens is 340 g/mol. The molecule has 0 bridgehead atoms. The van der Waals surface area contributed by atoms with Gasteiger partial charge in [0, 0.05) is 44.8 Å². The van der Waals surface area contributed by atoms with Gasteiger partial charge in [0.2, 0.25) is 5.91 Å². The van der Waals surface area contributed by atoms with Crippen LogP contribution >= 0.6 is 0 Å². The Morgan fingerprint density at radius 1 is 1.15 bits per heavy atom. The molecule has 2 N–H and O–H groups in total. The fourth-order valence-corrected chi connectivity index (χ4v) is 3.73. The van der Waals surface area contributed by atoms with Crippen LogP contribution in [0.15, 0.2) is 24.3 Å². The highest BCUT2D eigenvalue weighted by atomic mass is 16.5. The van der Waals surface area contributed by atoms with E-state index in [-0.39, 0.29) is 5.91 Å². The van der Waals surface area contributed by atoms with Crippen LogP contribution in [0.2, 0.25) is 0 Å². The zero-order chi connectivity index (χ0) is 18.9. The smallest absolute Gasteiger partial charge is 0.224 e. The second-order valence-corrected chi connectivity index (χ2v) is 7.80. The van der Waals surface area contributed by atoms with Crippen molar-refractivity contribution in [2.45, 2.75) is 25.7 Å². The summed E-state index contributed by atoms with van der Waals surface area (Å²) < 4.78 is 5.85. The number of anilines is 1. The summed E-state index contributed by atoms with van der Waals surface area (Å²) in [5.41, 5.74) is 0.844. The molecule has 0 aliphatic carbocycles. The minimum absolute atomic E-state index is 0.109. The standard InChI is InChI=1S/C21H34N4O2/c1-24-12-14-25(15-13-24)16-17-27-20-5-3-19(4-6-20)23-21(26)7-2-18-8-10-22-11-9-18/h3-6,18,22H,2,7-17H2,1H3,(H,23,26). The number of benzene rings is 1. The first kappa shape index (κ1) is 20.1. The fourth-order valence-electron chi connectivity index (χ4n) is 3.73. The normalized spacial score (nSPS) is 19.7. The lowest BCUT2D eigenvalue weighted by molar-refractivity contribution is -0.116. The molecule has 0 saturated carbocycles. The van der Waals surface area contributed by atoms with Gasteiger partial charge in [-0.2, -0.15) is 0 Å². The van der Waals surface area contributed by atoms with E-state index in [2.05, 4.69) is 27.5 Å². The number of nitrogens with one attached hydrogen (secondary N) is 2. The molecule has 150 valence electrons. The number of hydrogen-bond donors (Lipinski definition) is 2. The molecule has 0 unspecified atom stereocenters. The molecule has 1 aromatic rings. The van der Waals surface area contributed by atoms with Crippen LogP contribution < -0.4 is 15.4 Å². The van der Waals surface area contributed by atoms with Crippen molar-refractivity contribution in [2.75, 3.05) is 64.8 Å². The van der Waals surface area contributed by atoms with E-state index in [0.717, 1.165) is 63.7 Å². The van der Waals surface area contributed by atoms with Crippen LogP contribution in [0.25, 0.3) is 0 Å². The zero-order valence-corrected chi connectivity index (χ0v) is 16.6. The highest BCUT2D eigenvalue weighted by molar-refractivity contribution is 5.90. The van der Waals surface area contributed by atoms with Gasteiger partial charge in [-0.25, -0.2) is 0 Å². The van der Waals surface area contributed by atoms with E-state index >= 15 is 0 Å². The maximum absolute atomic E-state index is 12.1. The second kappa shape index (κ2) is 10.6. The van der Waals surface area contributed by atoms with Gasteiger partial charge in [-0.05, 0) is 69.6 Å². The van der Waals surface area contributed by atoms with Crippen molar-refractivity contribution in [2.24, 2.45) is 5.92 Å². The molecule has 0 radical (unpaired) electrons. The number of carbonyl (C=O) groups excluding carboxylic acids is 1. The third kappa shape index (κ3) is 7.13. The van der Waals surface area contributed by atoms with Gasteiger partial charge in [0.15, 0.2) is 0 Å². The lowest BCUT2D eigenvalue weighted by atomic mass is 9.93. The molecule has 2 heterocycles. The van der Waals surface area contributed by atoms with Crippen LogP contribution in [0.3, 0.4) is 0 Å². The number of carbonyl (C=O) groups is 1. The van der Waals surface area contributed by atoms with Crippen molar-refractivity contribution in [3.8, 4) is 5.75 Å². The van der Waals surface area contributed by atoms with Gasteiger partial charge in [0.05, 0.1) is 0 Å². The Morgan fingerprint density at radius 3 is 2.56 bits per heavy atom. The SMILES string of the molecule is CN1CCN(CCOc2ccc(NC(=O)CCC3CCNCC3)cc2)CC1. The average Bonchev–Trinajstić information content (AvgIpc) is 2.70. The maximum Gasteiger partial charge on any atom is 0.224 e. The summed E-state index contributed by atoms with van der Waals surface area (Å²) in [5.74, 6) is 1.65. The molecule has 2 aliphatic heterocycles. The van der Waals surface area contributed by atoms with Crippen LogP contribution in [0.5, 0.6) is 5.75 Å². The lowest BCUT2D eigenvalue weighted by Gasteiger charge is -2.32. The first-order chi connectivity index (χ1) is 13.2. The number of rotatable bonds is 8. The lowest BCUT2D eigenvalue weighted by Crippen LogP contribution is -2.45. The topological polar surface area (TPSA) is 56.8 Å². The first-order valence-electron chi connectivity index (χ1n) is 10.3. The predicted molar refractivity (Wildman–Crippen MR) is 109 cm³/mol. The second-order valence-electron chi connectivity index (χ2n) is 7.80. The molecule has 27 heavy (non-hydrogen) atoms. The number of piperidine rings is 1. The first-order valence-corrected chi connectivity index (χ1v) is 10.3. The maximum atomic E-state index is 12.1. The van der Waals surface area contributed by atoms with E-state index in [9.17, 15) is 4.79 Å². The van der Waals surface area contributed by atoms with E-state index in [4.69, 9.17) is 4.74 Å². The van der Waals surface area contributed by atoms with Crippen LogP contribution in [0.4, 0.5) is 5.69 Å². The van der Waals surface area contributed by atoms with E-state index in [1.807, 2.05) is 24.3 Å². The highest BCUT2D eigenvalue weighted by Gasteiger charge is 2.15. The van der Waals surface area contributed by atoms with Crippen molar-refractivity contribution < 1.29 is 9.53 Å². The summed E-state index contributed by atoms with van der Waals surface area (Å²) in [4.78, 5) is 16.9. The summed E-state index contributed by atoms with van der Waals surface area (Å²) in [6.45, 7) is 8.32. The predicted octanol–water partition coefficient (Wildman–Crippen LogP) is 2.03. The Bertz CT molecular complexity index is 564. The fraction of sp³-hybridized carbons (Fsp3) is 0.667. The van der Waals surface area contributed by atoms with Crippen molar-refractivity contribution in [1.29, 1.82) is 0 Å². The van der Waals surface area contributed by atoms with E-state index in [1.54, 1.807) is 0 Å². The van der Waals surface area contributed by atoms with E-state index in [1.165, 1.54) is 12.8 Å². The molecule has 3 rings (SSSR count). The van der Waals surface area contributed by atoms with Gasteiger partial charge in [-0.15, -0.1) is 0 Å². The number of ether oxygens (including phenoxy) is 1. The van der Waals surface area contributed by atoms with Crippen molar-refractivity contribution >= 4 is 11.6 Å². The quantitative estimate of drug-likeness (QED) is 0.729. The molecule has 6 heteroatoms. The molecule has 0 spiro atoms. The molecule has 2 fully saturated rings. The molecule has 1 aromatic carbocycles. The summed E-state index contributed by atoms with van der Waals surface area (Å²) in [5, 5.41) is 6.36. The van der Waals surface area contributed by atoms with Crippen LogP contribution in [0.1, 0.15) is 25.7 Å². The molecule has 6 nitrogen and oxygen atoms in total. The largest absolute Gasteiger partial charge is 0.492 e. The number of nitrogens with zero attached hydrogens (tertiary/aromatic N) is 2. The summed E-state index contributed by atoms with van der Waals surface area (Å²) in [6, 6.07) is 7.72. The van der Waals surface area contributed by atoms with Gasteiger partial charge in [-0.3, -0.25) is 9.69 Å². The number of hydrogen-bond acceptors (Lipinski definition) is 5. The Kier molecular flexibility index (Phi) is 7.93. The minimum atomic E-state index is 0.109. The Balaban J connectivity index is 1.32. The Hall–Kier alpha value is -1.63.